The monoisotopic (exact) mass is 1180 g/mol. The molecule has 0 aromatic carbocycles. The molecule has 480 valence electrons. The smallest absolute Gasteiger partial charge is 0.306 e. The lowest BCUT2D eigenvalue weighted by atomic mass is 10.0. The molecule has 0 aliphatic rings. The Labute approximate surface area is 513 Å². The number of esters is 1. The second-order valence-corrected chi connectivity index (χ2v) is 25.7. The zero-order chi connectivity index (χ0) is 60.7. The van der Waals surface area contributed by atoms with Gasteiger partial charge in [0.1, 0.15) is 19.3 Å². The van der Waals surface area contributed by atoms with Gasteiger partial charge in [0.15, 0.2) is 0 Å². The number of nitrogens with one attached hydrogen (secondary N) is 1. The molecule has 0 rings (SSSR count). The van der Waals surface area contributed by atoms with Crippen LogP contribution >= 0.6 is 7.82 Å². The molecule has 0 aliphatic carbocycles. The summed E-state index contributed by atoms with van der Waals surface area (Å²) in [5.41, 5.74) is 0. The van der Waals surface area contributed by atoms with Gasteiger partial charge in [-0.05, 0) is 109 Å². The Morgan fingerprint density at radius 2 is 0.771 bits per heavy atom. The summed E-state index contributed by atoms with van der Waals surface area (Å²) >= 11 is 0. The zero-order valence-electron chi connectivity index (χ0n) is 54.9. The summed E-state index contributed by atoms with van der Waals surface area (Å²) in [5.74, 6) is -0.552. The average Bonchev–Trinajstić information content (AvgIpc) is 3.51. The molecule has 1 N–H and O–H groups in total. The van der Waals surface area contributed by atoms with E-state index in [0.29, 0.717) is 17.4 Å². The standard InChI is InChI=1S/C73H131N2O7P/c1-7-10-13-16-19-22-25-27-29-31-33-35-37-39-41-43-45-47-50-53-56-59-62-65-72(76)74-70(69-81-83(78,79)80-68-67-75(4,5)6)71(64-61-58-55-52-49-24-21-18-15-12-9-3)82-73(77)66-63-60-57-54-51-48-46-44-42-40-38-36-34-32-30-28-26-23-20-17-14-11-8-2/h10,13,19-20,22-23,27-30,33,35,39,41,61,64,70-71H,7-9,11-12,14-18,21,24-26,31-32,34,36-38,40,42-60,62-63,65-69H2,1-6H3,(H-,74,76,78,79)/b13-10-,22-19-,23-20-,29-27-,30-28-,35-33-,41-39-,64-61+. The van der Waals surface area contributed by atoms with Crippen molar-refractivity contribution in [2.45, 2.75) is 315 Å². The lowest BCUT2D eigenvalue weighted by molar-refractivity contribution is -0.870. The molecule has 0 bridgehead atoms. The van der Waals surface area contributed by atoms with Gasteiger partial charge < -0.3 is 28.5 Å². The lowest BCUT2D eigenvalue weighted by Gasteiger charge is -2.30. The van der Waals surface area contributed by atoms with E-state index in [4.69, 9.17) is 13.8 Å². The molecular formula is C73H131N2O7P. The van der Waals surface area contributed by atoms with Crippen LogP contribution in [0.1, 0.15) is 303 Å². The maximum atomic E-state index is 13.6. The fourth-order valence-electron chi connectivity index (χ4n) is 9.70. The van der Waals surface area contributed by atoms with Gasteiger partial charge in [0.05, 0.1) is 33.8 Å². The summed E-state index contributed by atoms with van der Waals surface area (Å²) in [6, 6.07) is -0.900. The van der Waals surface area contributed by atoms with Crippen LogP contribution in [0.25, 0.3) is 0 Å². The minimum Gasteiger partial charge on any atom is -0.756 e. The van der Waals surface area contributed by atoms with E-state index in [1.165, 1.54) is 161 Å². The first kappa shape index (κ1) is 79.9. The van der Waals surface area contributed by atoms with Gasteiger partial charge in [-0.3, -0.25) is 14.2 Å². The Morgan fingerprint density at radius 1 is 0.434 bits per heavy atom. The number of carbonyl (C=O) groups excluding carboxylic acids is 2. The van der Waals surface area contributed by atoms with Gasteiger partial charge in [-0.15, -0.1) is 0 Å². The molecule has 0 aromatic rings. The van der Waals surface area contributed by atoms with Crippen LogP contribution in [0.4, 0.5) is 0 Å². The largest absolute Gasteiger partial charge is 0.756 e. The first-order valence-corrected chi connectivity index (χ1v) is 36.0. The molecule has 0 radical (unpaired) electrons. The number of unbranched alkanes of at least 4 members (excludes halogenated alkanes) is 32. The van der Waals surface area contributed by atoms with Crippen LogP contribution in [0.15, 0.2) is 97.2 Å². The number of rotatable bonds is 62. The number of likely N-dealkylation sites (N-methyl/N-ethyl adjacent to an activating group) is 1. The Hall–Kier alpha value is -3.07. The second-order valence-electron chi connectivity index (χ2n) is 24.3. The Kier molecular flexibility index (Phi) is 59.7. The Morgan fingerprint density at radius 3 is 1.18 bits per heavy atom. The van der Waals surface area contributed by atoms with E-state index >= 15 is 0 Å². The van der Waals surface area contributed by atoms with E-state index in [2.05, 4.69) is 111 Å². The summed E-state index contributed by atoms with van der Waals surface area (Å²) in [5, 5.41) is 3.03. The highest BCUT2D eigenvalue weighted by Crippen LogP contribution is 2.38. The van der Waals surface area contributed by atoms with Crippen molar-refractivity contribution in [2.24, 2.45) is 0 Å². The van der Waals surface area contributed by atoms with Crippen molar-refractivity contribution in [2.75, 3.05) is 40.9 Å². The molecule has 10 heteroatoms. The quantitative estimate of drug-likeness (QED) is 0.0212. The number of quaternary nitrogens is 1. The third kappa shape index (κ3) is 63.3. The fourth-order valence-corrected chi connectivity index (χ4v) is 10.4. The molecule has 1 amide bonds. The zero-order valence-corrected chi connectivity index (χ0v) is 55.8. The molecule has 3 atom stereocenters. The van der Waals surface area contributed by atoms with Crippen molar-refractivity contribution >= 4 is 19.7 Å². The van der Waals surface area contributed by atoms with Gasteiger partial charge in [0.2, 0.25) is 5.91 Å². The summed E-state index contributed by atoms with van der Waals surface area (Å²) in [6.45, 7) is 6.71. The summed E-state index contributed by atoms with van der Waals surface area (Å²) < 4.78 is 30.4. The van der Waals surface area contributed by atoms with Gasteiger partial charge in [0.25, 0.3) is 7.82 Å². The second kappa shape index (κ2) is 62.0. The molecule has 0 aromatic heterocycles. The third-order valence-electron chi connectivity index (χ3n) is 15.0. The van der Waals surface area contributed by atoms with E-state index in [9.17, 15) is 19.0 Å². The van der Waals surface area contributed by atoms with Gasteiger partial charge in [-0.2, -0.15) is 0 Å². The van der Waals surface area contributed by atoms with E-state index in [1.54, 1.807) is 0 Å². The van der Waals surface area contributed by atoms with Crippen LogP contribution in [0.2, 0.25) is 0 Å². The molecule has 0 fully saturated rings. The maximum Gasteiger partial charge on any atom is 0.306 e. The minimum absolute atomic E-state index is 0.0283. The van der Waals surface area contributed by atoms with E-state index in [-0.39, 0.29) is 24.9 Å². The maximum absolute atomic E-state index is 13.6. The van der Waals surface area contributed by atoms with Crippen molar-refractivity contribution in [3.63, 3.8) is 0 Å². The van der Waals surface area contributed by atoms with Gasteiger partial charge in [-0.25, -0.2) is 0 Å². The number of allylic oxidation sites excluding steroid dienone is 15. The Balaban J connectivity index is 5.09. The summed E-state index contributed by atoms with van der Waals surface area (Å²) in [4.78, 5) is 40.1. The van der Waals surface area contributed by atoms with Crippen molar-refractivity contribution < 1.29 is 37.3 Å². The van der Waals surface area contributed by atoms with Gasteiger partial charge >= 0.3 is 5.97 Å². The first-order chi connectivity index (χ1) is 40.4. The van der Waals surface area contributed by atoms with Crippen LogP contribution in [0.5, 0.6) is 0 Å². The van der Waals surface area contributed by atoms with E-state index < -0.39 is 26.6 Å². The van der Waals surface area contributed by atoms with Crippen LogP contribution in [-0.4, -0.2) is 69.4 Å². The van der Waals surface area contributed by atoms with Gasteiger partial charge in [0, 0.05) is 12.8 Å². The predicted octanol–water partition coefficient (Wildman–Crippen LogP) is 21.3. The van der Waals surface area contributed by atoms with E-state index in [0.717, 1.165) is 109 Å². The van der Waals surface area contributed by atoms with Crippen LogP contribution in [0, 0.1) is 0 Å². The third-order valence-corrected chi connectivity index (χ3v) is 16.0. The Bertz CT molecular complexity index is 1740. The molecular weight excluding hydrogens is 1050 g/mol. The SMILES string of the molecule is CC/C=C\C/C=C\C/C=C\C/C=C\C/C=C\CCCCCCCCCC(=O)NC(COP(=O)([O-])OCC[N+](C)(C)C)C(/C=C/CCCCCCCCCCC)OC(=O)CCCCCCCCCCCCCCC/C=C\C/C=C\CCCCC. The number of nitrogens with zero attached hydrogens (tertiary/aromatic N) is 1. The number of hydrogen-bond acceptors (Lipinski definition) is 7. The van der Waals surface area contributed by atoms with Crippen molar-refractivity contribution in [1.29, 1.82) is 0 Å². The molecule has 0 aliphatic heterocycles. The fraction of sp³-hybridized carbons (Fsp3) is 0.753. The summed E-state index contributed by atoms with van der Waals surface area (Å²) in [6.07, 6.45) is 83.8. The molecule has 0 saturated carbocycles. The highest BCUT2D eigenvalue weighted by Gasteiger charge is 2.27. The number of hydrogen-bond donors (Lipinski definition) is 1. The van der Waals surface area contributed by atoms with E-state index in [1.807, 2.05) is 33.3 Å². The number of ether oxygens (including phenoxy) is 1. The number of carbonyl (C=O) groups is 2. The van der Waals surface area contributed by atoms with Crippen LogP contribution in [-0.2, 0) is 27.9 Å². The molecule has 0 spiro atoms. The minimum atomic E-state index is -4.71. The van der Waals surface area contributed by atoms with Crippen molar-refractivity contribution in [3.05, 3.63) is 97.2 Å². The van der Waals surface area contributed by atoms with Crippen LogP contribution in [0.3, 0.4) is 0 Å². The molecule has 9 nitrogen and oxygen atoms in total. The molecule has 0 heterocycles. The molecule has 3 unspecified atom stereocenters. The first-order valence-electron chi connectivity index (χ1n) is 34.5. The van der Waals surface area contributed by atoms with Crippen LogP contribution < -0.4 is 10.2 Å². The van der Waals surface area contributed by atoms with Gasteiger partial charge in [-0.1, -0.05) is 279 Å². The number of phosphoric acid groups is 1. The normalized spacial score (nSPS) is 14.2. The molecule has 0 saturated heterocycles. The predicted molar refractivity (Wildman–Crippen MR) is 358 cm³/mol. The number of amides is 1. The van der Waals surface area contributed by atoms with Crippen molar-refractivity contribution in [3.8, 4) is 0 Å². The molecule has 83 heavy (non-hydrogen) atoms. The highest BCUT2D eigenvalue weighted by atomic mass is 31.2. The average molecular weight is 1180 g/mol. The lowest BCUT2D eigenvalue weighted by Crippen LogP contribution is -2.47. The highest BCUT2D eigenvalue weighted by molar-refractivity contribution is 7.45. The number of phosphoric ester groups is 1. The van der Waals surface area contributed by atoms with Crippen molar-refractivity contribution in [1.82, 2.24) is 5.32 Å². The topological polar surface area (TPSA) is 114 Å². The summed E-state index contributed by atoms with van der Waals surface area (Å²) in [7, 11) is 1.17.